The van der Waals surface area contributed by atoms with E-state index in [-0.39, 0.29) is 0 Å². The average molecular weight is 1620 g/mol. The summed E-state index contributed by atoms with van der Waals surface area (Å²) in [5.41, 5.74) is 27.9. The van der Waals surface area contributed by atoms with Crippen molar-refractivity contribution in [3.05, 3.63) is 421 Å². The zero-order valence-electron chi connectivity index (χ0n) is 67.2. The SMILES string of the molecule is c1ccc(-c2cccc(-c3cc(-c4cccc(-c5ccccn5)n4)cc(-c4cccc(-c5ccccn5)n4)c3)n2)nc1.c1ccc(-c2cccc(-c3nc(-c4cccc(-c5ccccn5)n4)nc(-c4cccc(-c5ccccn5)n4)n3)n2)nc1.c1ccc(-c2cncc(-c3cc(-c4cncc(-c5ccccn5)c4)cc(-c4cncc(-c5ccccn5)c4)c3)c2)nc1. The molecule has 0 unspecified atom stereocenters. The lowest BCUT2D eigenvalue weighted by atomic mass is 9.93. The molecule has 0 spiro atoms. The number of nitrogens with zero attached hydrogens (tertiary/aromatic N) is 21. The van der Waals surface area contributed by atoms with Gasteiger partial charge in [0.15, 0.2) is 17.5 Å². The number of aromatic nitrogens is 21. The van der Waals surface area contributed by atoms with Crippen LogP contribution in [0.15, 0.2) is 421 Å². The molecule has 21 nitrogen and oxygen atoms in total. The van der Waals surface area contributed by atoms with E-state index in [1.807, 2.05) is 310 Å². The van der Waals surface area contributed by atoms with Crippen LogP contribution in [0, 0.1) is 0 Å². The van der Waals surface area contributed by atoms with Gasteiger partial charge < -0.3 is 0 Å². The molecule has 21 heteroatoms. The van der Waals surface area contributed by atoms with E-state index in [1.165, 1.54) is 0 Å². The van der Waals surface area contributed by atoms with Crippen LogP contribution in [-0.2, 0) is 0 Å². The maximum atomic E-state index is 4.99. The Morgan fingerprint density at radius 1 is 0.111 bits per heavy atom. The van der Waals surface area contributed by atoms with Crippen molar-refractivity contribution in [3.8, 4) is 204 Å². The Morgan fingerprint density at radius 2 is 0.278 bits per heavy atom. The van der Waals surface area contributed by atoms with Gasteiger partial charge in [-0.25, -0.2) is 44.9 Å². The Hall–Kier alpha value is -17.9. The third-order valence-electron chi connectivity index (χ3n) is 20.2. The molecule has 0 atom stereocenters. The molecule has 0 N–H and O–H groups in total. The highest BCUT2D eigenvalue weighted by Gasteiger charge is 2.21. The van der Waals surface area contributed by atoms with Crippen molar-refractivity contribution in [2.45, 2.75) is 0 Å². The van der Waals surface area contributed by atoms with Gasteiger partial charge in [-0.3, -0.25) is 59.8 Å². The summed E-state index contributed by atoms with van der Waals surface area (Å²) in [6.45, 7) is 0. The molecular weight excluding hydrogens is 1560 g/mol. The molecule has 0 aliphatic heterocycles. The molecule has 594 valence electrons. The Kier molecular flexibility index (Phi) is 23.0. The van der Waals surface area contributed by atoms with Crippen molar-refractivity contribution >= 4 is 0 Å². The molecule has 2 aromatic carbocycles. The lowest BCUT2D eigenvalue weighted by Crippen LogP contribution is -2.04. The standard InChI is InChI=1S/2C36H24N6.C33H21N9/c1-4-19-37-31(10-1)34-16-7-13-28(40-34)25-22-26(29-14-8-17-35(41-29)32-11-2-5-20-38-32)24-27(23-25)30-15-9-18-36(42-30)33-12-3-6-21-39-33;1-4-10-40-34(7-1)31-16-28(19-37-22-31)25-13-26(29-17-32(23-38-20-29)35-8-2-5-11-41-35)15-27(14-25)30-18-33(24-39-21-30)36-9-3-6-12-42-36;1-4-19-34-22(10-1)25-13-7-16-28(37-25)31-40-32(29-17-8-14-26(38-29)23-11-2-5-20-35-23)42-33(41-31)30-18-9-15-27(39-30)24-12-3-6-21-36-24/h2*1-24H;1-21H. The summed E-state index contributed by atoms with van der Waals surface area (Å²) < 4.78 is 0. The third kappa shape index (κ3) is 18.5. The first kappa shape index (κ1) is 78.0. The number of hydrogen-bond acceptors (Lipinski definition) is 21. The van der Waals surface area contributed by atoms with Gasteiger partial charge in [-0.2, -0.15) is 0 Å². The first-order valence-electron chi connectivity index (χ1n) is 40.4. The summed E-state index contributed by atoms with van der Waals surface area (Å²) in [6.07, 6.45) is 27.1. The summed E-state index contributed by atoms with van der Waals surface area (Å²) in [5.74, 6) is 1.17. The Morgan fingerprint density at radius 3 is 0.492 bits per heavy atom. The highest BCUT2D eigenvalue weighted by Crippen LogP contribution is 2.39. The molecule has 0 aliphatic rings. The monoisotopic (exact) mass is 1620 g/mol. The van der Waals surface area contributed by atoms with Crippen molar-refractivity contribution in [2.75, 3.05) is 0 Å². The summed E-state index contributed by atoms with van der Waals surface area (Å²) in [6, 6.07) is 107. The second-order valence-electron chi connectivity index (χ2n) is 28.7. The van der Waals surface area contributed by atoms with E-state index in [4.69, 9.17) is 44.9 Å². The molecule has 0 saturated heterocycles. The van der Waals surface area contributed by atoms with Crippen LogP contribution in [-0.4, -0.2) is 105 Å². The Labute approximate surface area is 724 Å². The molecule has 19 heterocycles. The third-order valence-corrected chi connectivity index (χ3v) is 20.2. The van der Waals surface area contributed by atoms with Crippen LogP contribution in [0.1, 0.15) is 0 Å². The maximum Gasteiger partial charge on any atom is 0.182 e. The van der Waals surface area contributed by atoms with Crippen LogP contribution in [0.25, 0.3) is 204 Å². The molecule has 0 bridgehead atoms. The molecule has 21 rings (SSSR count). The second-order valence-corrected chi connectivity index (χ2v) is 28.7. The minimum atomic E-state index is 0.392. The van der Waals surface area contributed by atoms with Crippen LogP contribution in [0.2, 0.25) is 0 Å². The van der Waals surface area contributed by atoms with Gasteiger partial charge in [0.05, 0.1) is 102 Å². The first-order chi connectivity index (χ1) is 62.4. The van der Waals surface area contributed by atoms with Gasteiger partial charge >= 0.3 is 0 Å². The van der Waals surface area contributed by atoms with E-state index in [2.05, 4.69) is 114 Å². The van der Waals surface area contributed by atoms with E-state index in [0.29, 0.717) is 51.6 Å². The lowest BCUT2D eigenvalue weighted by molar-refractivity contribution is 1.03. The second kappa shape index (κ2) is 37.2. The Bertz CT molecular complexity index is 5900. The van der Waals surface area contributed by atoms with E-state index >= 15 is 0 Å². The predicted octanol–water partition coefficient (Wildman–Crippen LogP) is 22.4. The molecule has 0 amide bonds. The maximum absolute atomic E-state index is 4.99. The van der Waals surface area contributed by atoms with Crippen LogP contribution >= 0.6 is 0 Å². The van der Waals surface area contributed by atoms with Gasteiger partial charge in [-0.15, -0.1) is 0 Å². The average Bonchev–Trinajstić information content (AvgIpc) is 0.792. The summed E-state index contributed by atoms with van der Waals surface area (Å²) in [4.78, 5) is 98.0. The fraction of sp³-hybridized carbons (Fsp3) is 0. The van der Waals surface area contributed by atoms with Crippen molar-refractivity contribution in [2.24, 2.45) is 0 Å². The van der Waals surface area contributed by atoms with Gasteiger partial charge in [-0.05, 0) is 253 Å². The van der Waals surface area contributed by atoms with Crippen LogP contribution in [0.3, 0.4) is 0 Å². The van der Waals surface area contributed by atoms with E-state index < -0.39 is 0 Å². The first-order valence-corrected chi connectivity index (χ1v) is 40.4. The zero-order valence-corrected chi connectivity index (χ0v) is 67.2. The Balaban J connectivity index is 0.000000123. The summed E-state index contributed by atoms with van der Waals surface area (Å²) >= 11 is 0. The van der Waals surface area contributed by atoms with Crippen molar-refractivity contribution in [1.29, 1.82) is 0 Å². The van der Waals surface area contributed by atoms with Crippen LogP contribution < -0.4 is 0 Å². The molecule has 0 saturated carbocycles. The minimum absolute atomic E-state index is 0.392. The number of hydrogen-bond donors (Lipinski definition) is 0. The molecule has 126 heavy (non-hydrogen) atoms. The fourth-order valence-electron chi connectivity index (χ4n) is 14.1. The van der Waals surface area contributed by atoms with Gasteiger partial charge in [0.2, 0.25) is 0 Å². The van der Waals surface area contributed by atoms with Crippen molar-refractivity contribution < 1.29 is 0 Å². The minimum Gasteiger partial charge on any atom is -0.263 e. The highest BCUT2D eigenvalue weighted by atomic mass is 15.1. The van der Waals surface area contributed by atoms with E-state index in [0.717, 1.165) is 152 Å². The summed E-state index contributed by atoms with van der Waals surface area (Å²) in [5, 5.41) is 0. The normalized spacial score (nSPS) is 10.9. The summed E-state index contributed by atoms with van der Waals surface area (Å²) in [7, 11) is 0. The predicted molar refractivity (Wildman–Crippen MR) is 491 cm³/mol. The molecule has 0 radical (unpaired) electrons. The number of benzene rings is 2. The van der Waals surface area contributed by atoms with Crippen LogP contribution in [0.5, 0.6) is 0 Å². The van der Waals surface area contributed by atoms with Gasteiger partial charge in [0.25, 0.3) is 0 Å². The molecule has 0 aliphatic carbocycles. The van der Waals surface area contributed by atoms with Gasteiger partial charge in [-0.1, -0.05) is 91.0 Å². The molecule has 0 fully saturated rings. The van der Waals surface area contributed by atoms with Gasteiger partial charge in [0, 0.05) is 143 Å². The zero-order chi connectivity index (χ0) is 84.4. The topological polar surface area (TPSA) is 271 Å². The number of pyridine rings is 18. The van der Waals surface area contributed by atoms with E-state index in [1.54, 1.807) is 55.8 Å². The van der Waals surface area contributed by atoms with Crippen LogP contribution in [0.4, 0.5) is 0 Å². The van der Waals surface area contributed by atoms with Crippen molar-refractivity contribution in [3.63, 3.8) is 0 Å². The van der Waals surface area contributed by atoms with Gasteiger partial charge in [0.1, 0.15) is 17.1 Å². The highest BCUT2D eigenvalue weighted by molar-refractivity contribution is 5.85. The quantitative estimate of drug-likeness (QED) is 0.0772. The lowest BCUT2D eigenvalue weighted by Gasteiger charge is -2.13. The number of rotatable bonds is 18. The van der Waals surface area contributed by atoms with E-state index in [9.17, 15) is 0 Å². The molecular formula is C105H69N21. The largest absolute Gasteiger partial charge is 0.263 e. The fourth-order valence-corrected chi connectivity index (χ4v) is 14.1. The van der Waals surface area contributed by atoms with Crippen molar-refractivity contribution in [1.82, 2.24) is 105 Å². The molecule has 19 aromatic heterocycles. The smallest absolute Gasteiger partial charge is 0.182 e. The molecule has 21 aromatic rings.